The fraction of sp³-hybridized carbons (Fsp3) is 0.417. The van der Waals surface area contributed by atoms with Gasteiger partial charge < -0.3 is 16.2 Å². The number of hydrogen-bond acceptors (Lipinski definition) is 3. The maximum atomic E-state index is 13.1. The van der Waals surface area contributed by atoms with E-state index in [4.69, 9.17) is 10.8 Å². The highest BCUT2D eigenvalue weighted by Gasteiger charge is 2.44. The van der Waals surface area contributed by atoms with Crippen molar-refractivity contribution in [3.63, 3.8) is 0 Å². The normalized spacial score (nSPS) is 18.5. The Morgan fingerprint density at radius 3 is 2.76 bits per heavy atom. The summed E-state index contributed by atoms with van der Waals surface area (Å²) in [5.41, 5.74) is 5.30. The van der Waals surface area contributed by atoms with Crippen molar-refractivity contribution in [2.75, 3.05) is 5.32 Å². The molecule has 0 bridgehead atoms. The lowest BCUT2D eigenvalue weighted by Gasteiger charge is -2.23. The summed E-state index contributed by atoms with van der Waals surface area (Å²) in [6, 6.07) is 3.69. The van der Waals surface area contributed by atoms with Gasteiger partial charge in [-0.25, -0.2) is 4.39 Å². The third-order valence-electron chi connectivity index (χ3n) is 3.12. The van der Waals surface area contributed by atoms with E-state index in [1.807, 2.05) is 0 Å². The van der Waals surface area contributed by atoms with Crippen molar-refractivity contribution in [2.45, 2.75) is 25.3 Å². The molecule has 0 heterocycles. The van der Waals surface area contributed by atoms with Gasteiger partial charge in [-0.1, -0.05) is 0 Å². The number of nitrogens with one attached hydrogen (secondary N) is 1. The zero-order valence-electron chi connectivity index (χ0n) is 9.53. The lowest BCUT2D eigenvalue weighted by atomic mass is 9.96. The number of amides is 1. The van der Waals surface area contributed by atoms with Crippen molar-refractivity contribution < 1.29 is 14.3 Å². The summed E-state index contributed by atoms with van der Waals surface area (Å²) in [5, 5.41) is 11.6. The second kappa shape index (κ2) is 4.00. The number of anilines is 1. The van der Waals surface area contributed by atoms with Crippen molar-refractivity contribution in [3.8, 4) is 5.75 Å². The molecule has 1 atom stereocenters. The van der Waals surface area contributed by atoms with Gasteiger partial charge in [0.2, 0.25) is 5.91 Å². The Hall–Kier alpha value is -1.62. The van der Waals surface area contributed by atoms with Gasteiger partial charge in [-0.3, -0.25) is 4.79 Å². The van der Waals surface area contributed by atoms with E-state index in [-0.39, 0.29) is 11.8 Å². The smallest absolute Gasteiger partial charge is 0.244 e. The fourth-order valence-corrected chi connectivity index (χ4v) is 1.72. The van der Waals surface area contributed by atoms with Gasteiger partial charge >= 0.3 is 0 Å². The van der Waals surface area contributed by atoms with Crippen LogP contribution < -0.4 is 11.1 Å². The molecule has 5 heteroatoms. The summed E-state index contributed by atoms with van der Waals surface area (Å²) in [4.78, 5) is 11.9. The van der Waals surface area contributed by atoms with Gasteiger partial charge in [0.05, 0.1) is 5.54 Å². The number of nitrogens with two attached hydrogens (primary N) is 1. The molecule has 1 aromatic carbocycles. The summed E-state index contributed by atoms with van der Waals surface area (Å²) >= 11 is 0. The van der Waals surface area contributed by atoms with Gasteiger partial charge in [0.1, 0.15) is 0 Å². The number of carbonyl (C=O) groups excluding carboxylic acids is 1. The number of hydrogen-bond donors (Lipinski definition) is 3. The molecule has 17 heavy (non-hydrogen) atoms. The minimum atomic E-state index is -0.922. The van der Waals surface area contributed by atoms with E-state index in [0.717, 1.165) is 18.9 Å². The number of aromatic hydroxyl groups is 1. The third-order valence-corrected chi connectivity index (χ3v) is 3.12. The predicted molar refractivity (Wildman–Crippen MR) is 62.0 cm³/mol. The number of phenolic OH excluding ortho intramolecular Hbond substituents is 1. The maximum absolute atomic E-state index is 13.1. The zero-order valence-corrected chi connectivity index (χ0v) is 9.53. The van der Waals surface area contributed by atoms with Crippen LogP contribution in [0.15, 0.2) is 18.2 Å². The molecular weight excluding hydrogens is 223 g/mol. The summed E-state index contributed by atoms with van der Waals surface area (Å²) < 4.78 is 13.1. The van der Waals surface area contributed by atoms with E-state index in [2.05, 4.69) is 5.32 Å². The first-order chi connectivity index (χ1) is 7.91. The lowest BCUT2D eigenvalue weighted by molar-refractivity contribution is -0.121. The molecule has 1 aliphatic carbocycles. The average Bonchev–Trinajstić information content (AvgIpc) is 3.07. The van der Waals surface area contributed by atoms with Crippen molar-refractivity contribution in [1.82, 2.24) is 0 Å². The molecule has 4 N–H and O–H groups in total. The lowest BCUT2D eigenvalue weighted by Crippen LogP contribution is -2.50. The monoisotopic (exact) mass is 238 g/mol. The Balaban J connectivity index is 2.10. The minimum absolute atomic E-state index is 0.199. The van der Waals surface area contributed by atoms with E-state index in [9.17, 15) is 9.18 Å². The van der Waals surface area contributed by atoms with Gasteiger partial charge in [0.25, 0.3) is 0 Å². The first kappa shape index (κ1) is 11.9. The Morgan fingerprint density at radius 2 is 2.24 bits per heavy atom. The van der Waals surface area contributed by atoms with Crippen molar-refractivity contribution in [2.24, 2.45) is 11.7 Å². The van der Waals surface area contributed by atoms with Crippen LogP contribution >= 0.6 is 0 Å². The largest absolute Gasteiger partial charge is 0.505 e. The maximum Gasteiger partial charge on any atom is 0.244 e. The molecule has 1 amide bonds. The second-order valence-electron chi connectivity index (χ2n) is 4.68. The van der Waals surface area contributed by atoms with E-state index in [1.165, 1.54) is 12.1 Å². The summed E-state index contributed by atoms with van der Waals surface area (Å²) in [6.07, 6.45) is 1.90. The number of carbonyl (C=O) groups is 1. The van der Waals surface area contributed by atoms with Crippen LogP contribution in [0.5, 0.6) is 5.75 Å². The number of rotatable bonds is 3. The second-order valence-corrected chi connectivity index (χ2v) is 4.68. The Labute approximate surface area is 98.6 Å². The Morgan fingerprint density at radius 1 is 1.59 bits per heavy atom. The van der Waals surface area contributed by atoms with Gasteiger partial charge in [-0.05, 0) is 37.8 Å². The first-order valence-corrected chi connectivity index (χ1v) is 5.50. The molecule has 0 aliphatic heterocycles. The first-order valence-electron chi connectivity index (χ1n) is 5.50. The summed E-state index contributed by atoms with van der Waals surface area (Å²) in [6.45, 7) is 1.68. The molecule has 1 fully saturated rings. The highest BCUT2D eigenvalue weighted by atomic mass is 19.1. The highest BCUT2D eigenvalue weighted by Crippen LogP contribution is 2.38. The van der Waals surface area contributed by atoms with Gasteiger partial charge in [0, 0.05) is 11.8 Å². The molecule has 92 valence electrons. The molecule has 0 saturated heterocycles. The molecule has 0 radical (unpaired) electrons. The number of halogens is 1. The zero-order chi connectivity index (χ0) is 12.6. The highest BCUT2D eigenvalue weighted by molar-refractivity contribution is 5.98. The molecule has 1 unspecified atom stereocenters. The van der Waals surface area contributed by atoms with Crippen LogP contribution in [0.1, 0.15) is 19.8 Å². The van der Waals surface area contributed by atoms with Crippen LogP contribution in [0.25, 0.3) is 0 Å². The molecule has 0 spiro atoms. The Bertz CT molecular complexity index is 456. The molecular formula is C12H15FN2O2. The van der Waals surface area contributed by atoms with Crippen LogP contribution in [0.2, 0.25) is 0 Å². The number of benzene rings is 1. The summed E-state index contributed by atoms with van der Waals surface area (Å²) in [5.74, 6) is -1.34. The van der Waals surface area contributed by atoms with Crippen LogP contribution in [-0.2, 0) is 4.79 Å². The molecule has 1 aliphatic rings. The minimum Gasteiger partial charge on any atom is -0.505 e. The quantitative estimate of drug-likeness (QED) is 0.700. The van der Waals surface area contributed by atoms with Crippen LogP contribution in [-0.4, -0.2) is 16.6 Å². The topological polar surface area (TPSA) is 75.4 Å². The molecule has 1 aromatic rings. The molecule has 1 saturated carbocycles. The van der Waals surface area contributed by atoms with Crippen molar-refractivity contribution in [1.29, 1.82) is 0 Å². The molecule has 0 aromatic heterocycles. The van der Waals surface area contributed by atoms with E-state index in [1.54, 1.807) is 6.92 Å². The molecule has 2 rings (SSSR count). The van der Waals surface area contributed by atoms with E-state index >= 15 is 0 Å². The van der Waals surface area contributed by atoms with E-state index in [0.29, 0.717) is 5.69 Å². The Kier molecular flexibility index (Phi) is 2.79. The SMILES string of the molecule is CC(N)(C(=O)Nc1ccc(O)c(F)c1)C1CC1. The summed E-state index contributed by atoms with van der Waals surface area (Å²) in [7, 11) is 0. The third kappa shape index (κ3) is 2.39. The standard InChI is InChI=1S/C12H15FN2O2/c1-12(14,7-2-3-7)11(17)15-8-4-5-10(16)9(13)6-8/h4-7,16H,2-3,14H2,1H3,(H,15,17). The molecule has 4 nitrogen and oxygen atoms in total. The van der Waals surface area contributed by atoms with Crippen molar-refractivity contribution >= 4 is 11.6 Å². The van der Waals surface area contributed by atoms with Gasteiger partial charge in [-0.15, -0.1) is 0 Å². The van der Waals surface area contributed by atoms with Gasteiger partial charge in [0.15, 0.2) is 11.6 Å². The van der Waals surface area contributed by atoms with Crippen LogP contribution in [0.4, 0.5) is 10.1 Å². The number of phenols is 1. The van der Waals surface area contributed by atoms with Gasteiger partial charge in [-0.2, -0.15) is 0 Å². The fourth-order valence-electron chi connectivity index (χ4n) is 1.72. The van der Waals surface area contributed by atoms with Crippen molar-refractivity contribution in [3.05, 3.63) is 24.0 Å². The van der Waals surface area contributed by atoms with Crippen LogP contribution in [0, 0.1) is 11.7 Å². The average molecular weight is 238 g/mol. The van der Waals surface area contributed by atoms with Crippen LogP contribution in [0.3, 0.4) is 0 Å². The van der Waals surface area contributed by atoms with E-state index < -0.39 is 17.1 Å². The predicted octanol–water partition coefficient (Wildman–Crippen LogP) is 1.60.